The molecule has 4 nitrogen and oxygen atoms in total. The maximum absolute atomic E-state index is 12.5. The summed E-state index contributed by atoms with van der Waals surface area (Å²) in [5, 5.41) is 3.58. The summed E-state index contributed by atoms with van der Waals surface area (Å²) in [6, 6.07) is 11.1. The quantitative estimate of drug-likeness (QED) is 0.555. The van der Waals surface area contributed by atoms with E-state index >= 15 is 0 Å². The van der Waals surface area contributed by atoms with Crippen molar-refractivity contribution in [1.29, 1.82) is 0 Å². The van der Waals surface area contributed by atoms with E-state index in [0.29, 0.717) is 10.0 Å². The lowest BCUT2D eigenvalue weighted by Crippen LogP contribution is -2.22. The minimum absolute atomic E-state index is 0.220. The molecular weight excluding hydrogens is 447 g/mol. The molecule has 1 aliphatic heterocycles. The van der Waals surface area contributed by atoms with Gasteiger partial charge in [0.15, 0.2) is 0 Å². The van der Waals surface area contributed by atoms with Gasteiger partial charge in [-0.25, -0.2) is 13.1 Å². The molecule has 0 atom stereocenters. The molecule has 0 spiro atoms. The van der Waals surface area contributed by atoms with Gasteiger partial charge in [-0.3, -0.25) is 0 Å². The third kappa shape index (κ3) is 4.53. The van der Waals surface area contributed by atoms with Crippen LogP contribution < -0.4 is 4.72 Å². The Morgan fingerprint density at radius 1 is 1.17 bits per heavy atom. The van der Waals surface area contributed by atoms with Crippen LogP contribution in [0.15, 0.2) is 41.8 Å². The number of rotatable bonds is 5. The summed E-state index contributed by atoms with van der Waals surface area (Å²) in [5.41, 5.74) is 3.04. The van der Waals surface area contributed by atoms with Gasteiger partial charge in [0.25, 0.3) is 0 Å². The van der Waals surface area contributed by atoms with Crippen molar-refractivity contribution in [1.82, 2.24) is 9.62 Å². The number of sulfonamides is 1. The number of nitrogens with zero attached hydrogens (tertiary/aromatic N) is 1. The maximum atomic E-state index is 12.5. The average Bonchev–Trinajstić information content (AvgIpc) is 2.94. The van der Waals surface area contributed by atoms with Crippen molar-refractivity contribution in [2.75, 3.05) is 13.6 Å². The molecule has 0 amide bonds. The van der Waals surface area contributed by atoms with Gasteiger partial charge in [-0.1, -0.05) is 53.5 Å². The molecule has 0 unspecified atom stereocenters. The van der Waals surface area contributed by atoms with Gasteiger partial charge in [-0.15, -0.1) is 11.3 Å². The highest BCUT2D eigenvalue weighted by atomic mass is 35.5. The molecule has 0 saturated heterocycles. The van der Waals surface area contributed by atoms with Gasteiger partial charge in [-0.05, 0) is 42.3 Å². The van der Waals surface area contributed by atoms with Gasteiger partial charge in [-0.2, -0.15) is 0 Å². The van der Waals surface area contributed by atoms with E-state index in [1.54, 1.807) is 12.1 Å². The molecule has 29 heavy (non-hydrogen) atoms. The lowest BCUT2D eigenvalue weighted by atomic mass is 10.0. The standard InChI is InChI=1S/C21H20Cl2N2O2S2/c1-25-9-7-15-17(22)11-18(23)21-20(15)16(13-25)19(28-21)12-24-29(26,27)10-8-14-5-3-2-4-6-14/h2-6,8,10-11,24H,7,9,12-13H2,1H3. The highest BCUT2D eigenvalue weighted by Gasteiger charge is 2.24. The van der Waals surface area contributed by atoms with Crippen LogP contribution in [0.2, 0.25) is 10.0 Å². The van der Waals surface area contributed by atoms with Gasteiger partial charge in [0.05, 0.1) is 9.72 Å². The van der Waals surface area contributed by atoms with Crippen molar-refractivity contribution in [3.63, 3.8) is 0 Å². The van der Waals surface area contributed by atoms with Crippen LogP contribution in [0.5, 0.6) is 0 Å². The molecule has 0 radical (unpaired) electrons. The number of halogens is 2. The monoisotopic (exact) mass is 466 g/mol. The van der Waals surface area contributed by atoms with Gasteiger partial charge >= 0.3 is 0 Å². The number of benzene rings is 2. The Labute approximate surface area is 184 Å². The minimum atomic E-state index is -3.57. The zero-order valence-corrected chi connectivity index (χ0v) is 18.9. The molecule has 4 rings (SSSR count). The Balaban J connectivity index is 1.65. The predicted octanol–water partition coefficient (Wildman–Crippen LogP) is 5.29. The van der Waals surface area contributed by atoms with E-state index < -0.39 is 10.0 Å². The van der Waals surface area contributed by atoms with Crippen LogP contribution in [0.25, 0.3) is 16.2 Å². The fraction of sp³-hybridized carbons (Fsp3) is 0.238. The second kappa shape index (κ2) is 8.38. The molecule has 1 aromatic heterocycles. The lowest BCUT2D eigenvalue weighted by Gasteiger charge is -2.14. The van der Waals surface area contributed by atoms with E-state index in [-0.39, 0.29) is 6.54 Å². The number of likely N-dealkylation sites (N-methyl/N-ethyl adjacent to an activating group) is 1. The Morgan fingerprint density at radius 3 is 2.69 bits per heavy atom. The topological polar surface area (TPSA) is 49.4 Å². The van der Waals surface area contributed by atoms with Gasteiger partial charge < -0.3 is 4.90 Å². The molecule has 2 aromatic carbocycles. The lowest BCUT2D eigenvalue weighted by molar-refractivity contribution is 0.336. The highest BCUT2D eigenvalue weighted by molar-refractivity contribution is 7.92. The van der Waals surface area contributed by atoms with Crippen molar-refractivity contribution < 1.29 is 8.42 Å². The second-order valence-electron chi connectivity index (χ2n) is 7.09. The van der Waals surface area contributed by atoms with Crippen LogP contribution in [-0.4, -0.2) is 26.9 Å². The van der Waals surface area contributed by atoms with Crippen molar-refractivity contribution in [2.45, 2.75) is 19.5 Å². The third-order valence-electron chi connectivity index (χ3n) is 5.00. The first-order chi connectivity index (χ1) is 13.8. The SMILES string of the molecule is CN1CCc2c(Cl)cc(Cl)c3sc(CNS(=O)(=O)C=Cc4ccccc4)c(c23)C1. The third-order valence-corrected chi connectivity index (χ3v) is 8.05. The maximum Gasteiger partial charge on any atom is 0.234 e. The smallest absolute Gasteiger partial charge is 0.234 e. The second-order valence-corrected chi connectivity index (χ2v) is 10.7. The number of thiophene rings is 1. The molecule has 2 heterocycles. The van der Waals surface area contributed by atoms with Crippen molar-refractivity contribution in [3.8, 4) is 0 Å². The zero-order chi connectivity index (χ0) is 20.6. The summed E-state index contributed by atoms with van der Waals surface area (Å²) in [7, 11) is -1.51. The predicted molar refractivity (Wildman–Crippen MR) is 123 cm³/mol. The highest BCUT2D eigenvalue weighted by Crippen LogP contribution is 2.43. The summed E-state index contributed by atoms with van der Waals surface area (Å²) < 4.78 is 28.6. The zero-order valence-electron chi connectivity index (χ0n) is 15.8. The van der Waals surface area contributed by atoms with Crippen LogP contribution in [-0.2, 0) is 29.5 Å². The van der Waals surface area contributed by atoms with E-state index in [9.17, 15) is 8.42 Å². The van der Waals surface area contributed by atoms with Crippen molar-refractivity contribution in [3.05, 3.63) is 73.4 Å². The van der Waals surface area contributed by atoms with E-state index in [1.165, 1.54) is 16.7 Å². The van der Waals surface area contributed by atoms with Gasteiger partial charge in [0, 0.05) is 40.3 Å². The summed E-state index contributed by atoms with van der Waals surface area (Å²) >= 11 is 14.5. The first-order valence-corrected chi connectivity index (χ1v) is 12.3. The van der Waals surface area contributed by atoms with Crippen LogP contribution in [0.1, 0.15) is 21.6 Å². The summed E-state index contributed by atoms with van der Waals surface area (Å²) in [4.78, 5) is 3.19. The Morgan fingerprint density at radius 2 is 1.93 bits per heavy atom. The molecule has 0 aliphatic carbocycles. The summed E-state index contributed by atoms with van der Waals surface area (Å²) in [6.45, 7) is 1.85. The van der Waals surface area contributed by atoms with Crippen molar-refractivity contribution >= 4 is 60.7 Å². The molecule has 1 aliphatic rings. The fourth-order valence-corrected chi connectivity index (χ4v) is 6.26. The molecular formula is C21H20Cl2N2O2S2. The van der Waals surface area contributed by atoms with E-state index in [0.717, 1.165) is 51.2 Å². The Hall–Kier alpha value is -1.41. The average molecular weight is 467 g/mol. The first kappa shape index (κ1) is 20.8. The molecule has 0 fully saturated rings. The Kier molecular flexibility index (Phi) is 6.02. The van der Waals surface area contributed by atoms with Crippen LogP contribution in [0.4, 0.5) is 0 Å². The van der Waals surface area contributed by atoms with E-state index in [2.05, 4.69) is 16.7 Å². The van der Waals surface area contributed by atoms with E-state index in [4.69, 9.17) is 23.2 Å². The number of nitrogens with one attached hydrogen (secondary N) is 1. The fourth-order valence-electron chi connectivity index (χ4n) is 3.54. The van der Waals surface area contributed by atoms with E-state index in [1.807, 2.05) is 30.3 Å². The molecule has 8 heteroatoms. The normalized spacial score (nSPS) is 15.3. The molecule has 152 valence electrons. The molecule has 0 saturated carbocycles. The Bertz CT molecular complexity index is 1190. The number of hydrogen-bond acceptors (Lipinski definition) is 4. The van der Waals surface area contributed by atoms with Crippen LogP contribution in [0, 0.1) is 0 Å². The van der Waals surface area contributed by atoms with Crippen molar-refractivity contribution in [2.24, 2.45) is 0 Å². The molecule has 1 N–H and O–H groups in total. The minimum Gasteiger partial charge on any atom is -0.302 e. The first-order valence-electron chi connectivity index (χ1n) is 9.16. The van der Waals surface area contributed by atoms with Gasteiger partial charge in [0.1, 0.15) is 0 Å². The summed E-state index contributed by atoms with van der Waals surface area (Å²) in [5.74, 6) is 0. The van der Waals surface area contributed by atoms with Crippen LogP contribution in [0.3, 0.4) is 0 Å². The van der Waals surface area contributed by atoms with Crippen LogP contribution >= 0.6 is 34.5 Å². The largest absolute Gasteiger partial charge is 0.302 e. The number of hydrogen-bond donors (Lipinski definition) is 1. The van der Waals surface area contributed by atoms with Gasteiger partial charge in [0.2, 0.25) is 10.0 Å². The summed E-state index contributed by atoms with van der Waals surface area (Å²) in [6.07, 6.45) is 2.43. The molecule has 0 bridgehead atoms. The molecule has 3 aromatic rings.